The van der Waals surface area contributed by atoms with Crippen LogP contribution in [-0.2, 0) is 4.74 Å². The largest absolute Gasteiger partial charge is 0.377 e. The van der Waals surface area contributed by atoms with Crippen LogP contribution in [0.25, 0.3) is 0 Å². The van der Waals surface area contributed by atoms with Gasteiger partial charge in [-0.25, -0.2) is 0 Å². The van der Waals surface area contributed by atoms with E-state index in [1.165, 1.54) is 30.4 Å². The summed E-state index contributed by atoms with van der Waals surface area (Å²) in [6, 6.07) is 9.20. The van der Waals surface area contributed by atoms with Crippen LogP contribution in [0, 0.1) is 6.92 Å². The Morgan fingerprint density at radius 3 is 2.57 bits per heavy atom. The Labute approximate surface area is 129 Å². The molecular weight excluding hydrogens is 260 g/mol. The molecule has 0 spiro atoms. The van der Waals surface area contributed by atoms with E-state index in [-0.39, 0.29) is 12.1 Å². The van der Waals surface area contributed by atoms with Crippen molar-refractivity contribution in [3.63, 3.8) is 0 Å². The number of nitrogens with zero attached hydrogens (tertiary/aromatic N) is 1. The van der Waals surface area contributed by atoms with Crippen LogP contribution < -0.4 is 5.73 Å². The lowest BCUT2D eigenvalue weighted by molar-refractivity contribution is -0.0104. The van der Waals surface area contributed by atoms with Crippen molar-refractivity contribution in [2.75, 3.05) is 20.2 Å². The number of hydrogen-bond acceptors (Lipinski definition) is 3. The van der Waals surface area contributed by atoms with Crippen LogP contribution >= 0.6 is 0 Å². The van der Waals surface area contributed by atoms with E-state index >= 15 is 0 Å². The third-order valence-corrected chi connectivity index (χ3v) is 4.54. The number of rotatable bonds is 6. The van der Waals surface area contributed by atoms with Gasteiger partial charge in [-0.15, -0.1) is 0 Å². The predicted molar refractivity (Wildman–Crippen MR) is 88.4 cm³/mol. The molecule has 1 aromatic rings. The standard InChI is InChI=1S/C18H30N2O/c1-4-17(19)18(15-10-8-14(2)9-11-15)20(3)13-16-7-5-6-12-21-16/h8-11,16-18H,4-7,12-13,19H2,1-3H3. The summed E-state index contributed by atoms with van der Waals surface area (Å²) in [4.78, 5) is 2.38. The molecule has 2 N–H and O–H groups in total. The SMILES string of the molecule is CCC(N)C(c1ccc(C)cc1)N(C)CC1CCCCO1. The van der Waals surface area contributed by atoms with E-state index in [0.717, 1.165) is 19.6 Å². The quantitative estimate of drug-likeness (QED) is 0.874. The Hall–Kier alpha value is -0.900. The van der Waals surface area contributed by atoms with Crippen molar-refractivity contribution in [1.29, 1.82) is 0 Å². The Balaban J connectivity index is 2.09. The predicted octanol–water partition coefficient (Wildman–Crippen LogP) is 3.27. The van der Waals surface area contributed by atoms with E-state index in [1.807, 2.05) is 0 Å². The van der Waals surface area contributed by atoms with Crippen LogP contribution in [0.2, 0.25) is 0 Å². The minimum Gasteiger partial charge on any atom is -0.377 e. The molecule has 3 nitrogen and oxygen atoms in total. The van der Waals surface area contributed by atoms with E-state index in [9.17, 15) is 0 Å². The van der Waals surface area contributed by atoms with Crippen molar-refractivity contribution in [3.05, 3.63) is 35.4 Å². The summed E-state index contributed by atoms with van der Waals surface area (Å²) < 4.78 is 5.88. The topological polar surface area (TPSA) is 38.5 Å². The fraction of sp³-hybridized carbons (Fsp3) is 0.667. The maximum atomic E-state index is 6.41. The molecule has 1 aromatic carbocycles. The lowest BCUT2D eigenvalue weighted by Crippen LogP contribution is -2.43. The molecule has 0 saturated carbocycles. The van der Waals surface area contributed by atoms with Crippen LogP contribution in [0.1, 0.15) is 49.8 Å². The van der Waals surface area contributed by atoms with E-state index in [4.69, 9.17) is 10.5 Å². The first-order valence-corrected chi connectivity index (χ1v) is 8.25. The zero-order valence-corrected chi connectivity index (χ0v) is 13.7. The molecule has 21 heavy (non-hydrogen) atoms. The zero-order chi connectivity index (χ0) is 15.2. The third-order valence-electron chi connectivity index (χ3n) is 4.54. The molecule has 0 amide bonds. The van der Waals surface area contributed by atoms with E-state index in [1.54, 1.807) is 0 Å². The van der Waals surface area contributed by atoms with Gasteiger partial charge in [0.05, 0.1) is 6.10 Å². The number of nitrogens with two attached hydrogens (primary N) is 1. The maximum absolute atomic E-state index is 6.41. The molecule has 1 heterocycles. The highest BCUT2D eigenvalue weighted by atomic mass is 16.5. The van der Waals surface area contributed by atoms with Gasteiger partial charge in [-0.3, -0.25) is 4.90 Å². The van der Waals surface area contributed by atoms with Gasteiger partial charge in [0.2, 0.25) is 0 Å². The fourth-order valence-corrected chi connectivity index (χ4v) is 3.20. The Morgan fingerprint density at radius 1 is 1.29 bits per heavy atom. The summed E-state index contributed by atoms with van der Waals surface area (Å²) >= 11 is 0. The number of benzene rings is 1. The normalized spacial score (nSPS) is 22.2. The van der Waals surface area contributed by atoms with Crippen LogP contribution in [0.4, 0.5) is 0 Å². The number of ether oxygens (including phenoxy) is 1. The summed E-state index contributed by atoms with van der Waals surface area (Å²) in [5.41, 5.74) is 9.02. The second kappa shape index (κ2) is 7.92. The van der Waals surface area contributed by atoms with Gasteiger partial charge in [-0.1, -0.05) is 36.8 Å². The van der Waals surface area contributed by atoms with E-state index in [0.29, 0.717) is 6.10 Å². The highest BCUT2D eigenvalue weighted by Gasteiger charge is 2.26. The second-order valence-corrected chi connectivity index (χ2v) is 6.36. The Bertz CT molecular complexity index is 412. The fourth-order valence-electron chi connectivity index (χ4n) is 3.20. The van der Waals surface area contributed by atoms with Gasteiger partial charge < -0.3 is 10.5 Å². The van der Waals surface area contributed by atoms with Crippen molar-refractivity contribution < 1.29 is 4.74 Å². The molecule has 2 rings (SSSR count). The van der Waals surface area contributed by atoms with Gasteiger partial charge in [-0.2, -0.15) is 0 Å². The first-order valence-electron chi connectivity index (χ1n) is 8.25. The van der Waals surface area contributed by atoms with Gasteiger partial charge in [0, 0.05) is 25.2 Å². The highest BCUT2D eigenvalue weighted by Crippen LogP contribution is 2.26. The number of hydrogen-bond donors (Lipinski definition) is 1. The molecule has 0 aliphatic carbocycles. The monoisotopic (exact) mass is 290 g/mol. The van der Waals surface area contributed by atoms with Crippen molar-refractivity contribution in [3.8, 4) is 0 Å². The first-order chi connectivity index (χ1) is 10.1. The molecule has 118 valence electrons. The maximum Gasteiger partial charge on any atom is 0.0702 e. The average molecular weight is 290 g/mol. The molecule has 3 unspecified atom stereocenters. The lowest BCUT2D eigenvalue weighted by atomic mass is 9.95. The molecule has 1 aliphatic rings. The second-order valence-electron chi connectivity index (χ2n) is 6.36. The molecule has 3 heteroatoms. The first kappa shape index (κ1) is 16.5. The van der Waals surface area contributed by atoms with Gasteiger partial charge in [0.1, 0.15) is 0 Å². The van der Waals surface area contributed by atoms with Crippen molar-refractivity contribution >= 4 is 0 Å². The number of likely N-dealkylation sites (N-methyl/N-ethyl adjacent to an activating group) is 1. The summed E-state index contributed by atoms with van der Waals surface area (Å²) in [6.07, 6.45) is 5.01. The molecule has 0 aromatic heterocycles. The minimum atomic E-state index is 0.154. The summed E-state index contributed by atoms with van der Waals surface area (Å²) in [5.74, 6) is 0. The molecule has 0 bridgehead atoms. The Morgan fingerprint density at radius 2 is 2.00 bits per heavy atom. The Kier molecular flexibility index (Phi) is 6.22. The molecule has 3 atom stereocenters. The van der Waals surface area contributed by atoms with Gasteiger partial charge in [0.15, 0.2) is 0 Å². The van der Waals surface area contributed by atoms with Crippen LogP contribution in [0.3, 0.4) is 0 Å². The van der Waals surface area contributed by atoms with E-state index < -0.39 is 0 Å². The highest BCUT2D eigenvalue weighted by molar-refractivity contribution is 5.25. The summed E-state index contributed by atoms with van der Waals surface area (Å²) in [6.45, 7) is 6.16. The van der Waals surface area contributed by atoms with E-state index in [2.05, 4.69) is 50.1 Å². The van der Waals surface area contributed by atoms with Crippen molar-refractivity contribution in [2.45, 2.75) is 57.7 Å². The zero-order valence-electron chi connectivity index (χ0n) is 13.7. The van der Waals surface area contributed by atoms with Crippen LogP contribution in [0.15, 0.2) is 24.3 Å². The van der Waals surface area contributed by atoms with Crippen LogP contribution in [0.5, 0.6) is 0 Å². The minimum absolute atomic E-state index is 0.154. The molecule has 1 saturated heterocycles. The number of aryl methyl sites for hydroxylation is 1. The van der Waals surface area contributed by atoms with Gasteiger partial charge >= 0.3 is 0 Å². The summed E-state index contributed by atoms with van der Waals surface area (Å²) in [5, 5.41) is 0. The molecule has 1 aliphatic heterocycles. The summed E-state index contributed by atoms with van der Waals surface area (Å²) in [7, 11) is 2.18. The lowest BCUT2D eigenvalue weighted by Gasteiger charge is -2.36. The average Bonchev–Trinajstić information content (AvgIpc) is 2.50. The molecular formula is C18H30N2O. The van der Waals surface area contributed by atoms with Gasteiger partial charge in [-0.05, 0) is 45.2 Å². The van der Waals surface area contributed by atoms with Crippen molar-refractivity contribution in [2.24, 2.45) is 5.73 Å². The molecule has 1 fully saturated rings. The smallest absolute Gasteiger partial charge is 0.0702 e. The van der Waals surface area contributed by atoms with Crippen molar-refractivity contribution in [1.82, 2.24) is 4.90 Å². The third kappa shape index (κ3) is 4.53. The molecule has 0 radical (unpaired) electrons. The van der Waals surface area contributed by atoms with Crippen LogP contribution in [-0.4, -0.2) is 37.2 Å². The van der Waals surface area contributed by atoms with Gasteiger partial charge in [0.25, 0.3) is 0 Å².